The Kier molecular flexibility index (Phi) is 5.19. The van der Waals surface area contributed by atoms with E-state index in [9.17, 15) is 23.1 Å². The van der Waals surface area contributed by atoms with Gasteiger partial charge in [0, 0.05) is 5.69 Å². The number of carbonyl (C=O) groups excluding carboxylic acids is 1. The summed E-state index contributed by atoms with van der Waals surface area (Å²) >= 11 is 0. The van der Waals surface area contributed by atoms with Crippen LogP contribution in [0.5, 0.6) is 0 Å². The average Bonchev–Trinajstić information content (AvgIpc) is 2.54. The quantitative estimate of drug-likeness (QED) is 0.878. The maximum atomic E-state index is 13.0. The molecule has 0 aliphatic heterocycles. The van der Waals surface area contributed by atoms with E-state index >= 15 is 0 Å². The van der Waals surface area contributed by atoms with E-state index in [-0.39, 0.29) is 11.6 Å². The Morgan fingerprint density at radius 3 is 2.46 bits per heavy atom. The normalized spacial score (nSPS) is 18.5. The van der Waals surface area contributed by atoms with Crippen molar-refractivity contribution in [3.63, 3.8) is 0 Å². The summed E-state index contributed by atoms with van der Waals surface area (Å²) in [5, 5.41) is 21.6. The van der Waals surface area contributed by atoms with Crippen molar-refractivity contribution in [3.05, 3.63) is 29.3 Å². The van der Waals surface area contributed by atoms with E-state index in [0.717, 1.165) is 25.3 Å². The number of benzene rings is 1. The molecule has 2 N–H and O–H groups in total. The van der Waals surface area contributed by atoms with Gasteiger partial charge >= 0.3 is 6.18 Å². The number of nitrogens with one attached hydrogen (secondary N) is 1. The predicted octanol–water partition coefficient (Wildman–Crippen LogP) is 3.85. The number of halogens is 3. The molecule has 1 unspecified atom stereocenters. The Balaban J connectivity index is 2.21. The third-order valence-electron chi connectivity index (χ3n) is 4.56. The zero-order chi connectivity index (χ0) is 18.0. The average molecular weight is 340 g/mol. The van der Waals surface area contributed by atoms with Gasteiger partial charge in [0.1, 0.15) is 5.60 Å². The standard InChI is InChI=1S/C17H19F3N2O2/c1-16(24,12-5-3-2-4-6-12)15(23)22-13-8-7-11(10-21)14(9-13)17(18,19)20/h7-9,12,24H,2-6H2,1H3,(H,22,23). The van der Waals surface area contributed by atoms with Crippen LogP contribution in [0.2, 0.25) is 0 Å². The fraction of sp³-hybridized carbons (Fsp3) is 0.529. The number of alkyl halides is 3. The van der Waals surface area contributed by atoms with Crippen molar-refractivity contribution in [1.29, 1.82) is 5.26 Å². The summed E-state index contributed by atoms with van der Waals surface area (Å²) in [6.45, 7) is 1.40. The third-order valence-corrected chi connectivity index (χ3v) is 4.56. The molecule has 1 aliphatic carbocycles. The van der Waals surface area contributed by atoms with E-state index in [2.05, 4.69) is 5.32 Å². The smallest absolute Gasteiger partial charge is 0.380 e. The van der Waals surface area contributed by atoms with Gasteiger partial charge in [0.05, 0.1) is 17.2 Å². The molecule has 4 nitrogen and oxygen atoms in total. The Morgan fingerprint density at radius 1 is 1.29 bits per heavy atom. The summed E-state index contributed by atoms with van der Waals surface area (Å²) in [5.74, 6) is -0.945. The van der Waals surface area contributed by atoms with Crippen molar-refractivity contribution in [3.8, 4) is 6.07 Å². The molecular weight excluding hydrogens is 321 g/mol. The van der Waals surface area contributed by atoms with E-state index in [4.69, 9.17) is 5.26 Å². The predicted molar refractivity (Wildman–Crippen MR) is 82.0 cm³/mol. The van der Waals surface area contributed by atoms with E-state index in [0.29, 0.717) is 18.9 Å². The van der Waals surface area contributed by atoms with Crippen LogP contribution in [0.25, 0.3) is 0 Å². The number of nitriles is 1. The van der Waals surface area contributed by atoms with Gasteiger partial charge in [-0.2, -0.15) is 18.4 Å². The van der Waals surface area contributed by atoms with Crippen LogP contribution >= 0.6 is 0 Å². The van der Waals surface area contributed by atoms with Crippen LogP contribution in [0.15, 0.2) is 18.2 Å². The molecule has 0 saturated heterocycles. The number of hydrogen-bond acceptors (Lipinski definition) is 3. The highest BCUT2D eigenvalue weighted by Gasteiger charge is 2.40. The number of hydrogen-bond donors (Lipinski definition) is 2. The minimum Gasteiger partial charge on any atom is -0.380 e. The van der Waals surface area contributed by atoms with Gasteiger partial charge < -0.3 is 10.4 Å². The number of carbonyl (C=O) groups is 1. The molecule has 0 aromatic heterocycles. The molecule has 1 aromatic carbocycles. The van der Waals surface area contributed by atoms with E-state index in [1.807, 2.05) is 0 Å². The van der Waals surface area contributed by atoms with Crippen molar-refractivity contribution in [2.24, 2.45) is 5.92 Å². The topological polar surface area (TPSA) is 73.1 Å². The van der Waals surface area contributed by atoms with Gasteiger partial charge in [-0.05, 0) is 43.9 Å². The molecule has 1 fully saturated rings. The van der Waals surface area contributed by atoms with Crippen LogP contribution in [0.4, 0.5) is 18.9 Å². The number of nitrogens with zero attached hydrogens (tertiary/aromatic N) is 1. The second-order valence-corrected chi connectivity index (χ2v) is 6.31. The van der Waals surface area contributed by atoms with Crippen molar-refractivity contribution in [2.45, 2.75) is 50.8 Å². The summed E-state index contributed by atoms with van der Waals surface area (Å²) in [6, 6.07) is 4.43. The Labute approximate surface area is 138 Å². The fourth-order valence-corrected chi connectivity index (χ4v) is 3.06. The van der Waals surface area contributed by atoms with Gasteiger partial charge in [0.2, 0.25) is 0 Å². The van der Waals surface area contributed by atoms with Gasteiger partial charge in [-0.3, -0.25) is 4.79 Å². The lowest BCUT2D eigenvalue weighted by Gasteiger charge is -2.34. The SMILES string of the molecule is CC(O)(C(=O)Nc1ccc(C#N)c(C(F)(F)F)c1)C1CCCCC1. The molecule has 2 rings (SSSR count). The van der Waals surface area contributed by atoms with Crippen LogP contribution in [0.1, 0.15) is 50.2 Å². The van der Waals surface area contributed by atoms with Gasteiger partial charge in [0.25, 0.3) is 5.91 Å². The first-order valence-corrected chi connectivity index (χ1v) is 7.81. The number of aliphatic hydroxyl groups is 1. The van der Waals surface area contributed by atoms with Crippen LogP contribution in [0, 0.1) is 17.2 Å². The van der Waals surface area contributed by atoms with Crippen LogP contribution in [0.3, 0.4) is 0 Å². The second kappa shape index (κ2) is 6.81. The first-order valence-electron chi connectivity index (χ1n) is 7.81. The lowest BCUT2D eigenvalue weighted by molar-refractivity contribution is -0.139. The monoisotopic (exact) mass is 340 g/mol. The van der Waals surface area contributed by atoms with Gasteiger partial charge in [-0.1, -0.05) is 19.3 Å². The number of rotatable bonds is 3. The molecule has 0 radical (unpaired) electrons. The summed E-state index contributed by atoms with van der Waals surface area (Å²) in [4.78, 5) is 12.3. The molecule has 1 aliphatic rings. The lowest BCUT2D eigenvalue weighted by Crippen LogP contribution is -2.47. The fourth-order valence-electron chi connectivity index (χ4n) is 3.06. The van der Waals surface area contributed by atoms with Gasteiger partial charge in [0.15, 0.2) is 0 Å². The molecule has 7 heteroatoms. The molecule has 1 aromatic rings. The first kappa shape index (κ1) is 18.3. The molecule has 0 bridgehead atoms. The van der Waals surface area contributed by atoms with E-state index in [1.165, 1.54) is 19.1 Å². The molecule has 130 valence electrons. The molecule has 1 amide bonds. The minimum absolute atomic E-state index is 0.0950. The molecule has 0 heterocycles. The highest BCUT2D eigenvalue weighted by Crippen LogP contribution is 2.35. The van der Waals surface area contributed by atoms with Crippen molar-refractivity contribution in [2.75, 3.05) is 5.32 Å². The van der Waals surface area contributed by atoms with Crippen LogP contribution < -0.4 is 5.32 Å². The summed E-state index contributed by atoms with van der Waals surface area (Å²) in [5.41, 5.74) is -3.37. The van der Waals surface area contributed by atoms with Gasteiger partial charge in [-0.15, -0.1) is 0 Å². The molecule has 1 atom stereocenters. The Hall–Kier alpha value is -2.07. The zero-order valence-corrected chi connectivity index (χ0v) is 13.3. The van der Waals surface area contributed by atoms with E-state index in [1.54, 1.807) is 0 Å². The summed E-state index contributed by atoms with van der Waals surface area (Å²) < 4.78 is 38.9. The lowest BCUT2D eigenvalue weighted by atomic mass is 9.77. The molecule has 0 spiro atoms. The molecular formula is C17H19F3N2O2. The number of anilines is 1. The van der Waals surface area contributed by atoms with Crippen LogP contribution in [-0.4, -0.2) is 16.6 Å². The van der Waals surface area contributed by atoms with Crippen molar-refractivity contribution in [1.82, 2.24) is 0 Å². The highest BCUT2D eigenvalue weighted by atomic mass is 19.4. The zero-order valence-electron chi connectivity index (χ0n) is 13.3. The van der Waals surface area contributed by atoms with Gasteiger partial charge in [-0.25, -0.2) is 0 Å². The summed E-state index contributed by atoms with van der Waals surface area (Å²) in [7, 11) is 0. The van der Waals surface area contributed by atoms with Crippen molar-refractivity contribution < 1.29 is 23.1 Å². The van der Waals surface area contributed by atoms with Crippen LogP contribution in [-0.2, 0) is 11.0 Å². The Morgan fingerprint density at radius 2 is 1.92 bits per heavy atom. The molecule has 1 saturated carbocycles. The number of amides is 1. The maximum absolute atomic E-state index is 13.0. The Bertz CT molecular complexity index is 657. The largest absolute Gasteiger partial charge is 0.417 e. The molecule has 24 heavy (non-hydrogen) atoms. The van der Waals surface area contributed by atoms with Crippen molar-refractivity contribution >= 4 is 11.6 Å². The van der Waals surface area contributed by atoms with E-state index < -0.39 is 28.8 Å². The maximum Gasteiger partial charge on any atom is 0.417 e. The second-order valence-electron chi connectivity index (χ2n) is 6.31. The third kappa shape index (κ3) is 3.88. The first-order chi connectivity index (χ1) is 11.2. The summed E-state index contributed by atoms with van der Waals surface area (Å²) in [6.07, 6.45) is -0.383. The highest BCUT2D eigenvalue weighted by molar-refractivity contribution is 5.97. The minimum atomic E-state index is -4.70.